The molecule has 2 heterocycles. The van der Waals surface area contributed by atoms with Crippen LogP contribution in [0.5, 0.6) is 0 Å². The summed E-state index contributed by atoms with van der Waals surface area (Å²) in [6, 6.07) is 7.63. The van der Waals surface area contributed by atoms with Crippen LogP contribution in [0.25, 0.3) is 11.0 Å². The first-order chi connectivity index (χ1) is 12.1. The zero-order chi connectivity index (χ0) is 17.8. The van der Waals surface area contributed by atoms with Gasteiger partial charge in [0.05, 0.1) is 35.2 Å². The number of aliphatic hydroxyl groups is 2. The summed E-state index contributed by atoms with van der Waals surface area (Å²) in [4.78, 5) is 14.7. The van der Waals surface area contributed by atoms with Crippen molar-refractivity contribution in [1.82, 2.24) is 19.3 Å². The summed E-state index contributed by atoms with van der Waals surface area (Å²) >= 11 is 0. The minimum Gasteiger partial charge on any atom is -0.396 e. The fourth-order valence-electron chi connectivity index (χ4n) is 2.79. The number of rotatable bonds is 8. The van der Waals surface area contributed by atoms with Crippen LogP contribution in [0.1, 0.15) is 12.2 Å². The molecule has 9 nitrogen and oxygen atoms in total. The molecule has 2 aromatic heterocycles. The van der Waals surface area contributed by atoms with Crippen LogP contribution in [0.15, 0.2) is 36.7 Å². The van der Waals surface area contributed by atoms with Gasteiger partial charge in [-0.05, 0) is 18.6 Å². The molecule has 1 unspecified atom stereocenters. The second kappa shape index (κ2) is 7.41. The van der Waals surface area contributed by atoms with Crippen LogP contribution < -0.4 is 0 Å². The number of para-hydroxylation sites is 2. The maximum absolute atomic E-state index is 10.7. The molecule has 9 heteroatoms. The molecule has 0 saturated heterocycles. The number of aryl methyl sites for hydroxylation is 1. The lowest BCUT2D eigenvalue weighted by Gasteiger charge is -2.14. The minimum atomic E-state index is -0.787. The molecule has 132 valence electrons. The van der Waals surface area contributed by atoms with Crippen molar-refractivity contribution < 1.29 is 15.1 Å². The Morgan fingerprint density at radius 1 is 1.28 bits per heavy atom. The molecule has 0 aliphatic rings. The minimum absolute atomic E-state index is 0.0721. The van der Waals surface area contributed by atoms with Gasteiger partial charge in [-0.1, -0.05) is 12.1 Å². The summed E-state index contributed by atoms with van der Waals surface area (Å²) in [5.74, 6) is 0.792. The van der Waals surface area contributed by atoms with Gasteiger partial charge in [-0.3, -0.25) is 14.8 Å². The largest absolute Gasteiger partial charge is 0.396 e. The number of aromatic nitrogens is 4. The predicted molar refractivity (Wildman–Crippen MR) is 90.0 cm³/mol. The van der Waals surface area contributed by atoms with Crippen molar-refractivity contribution in [2.45, 2.75) is 32.0 Å². The van der Waals surface area contributed by atoms with Gasteiger partial charge in [-0.15, -0.1) is 0 Å². The van der Waals surface area contributed by atoms with Crippen molar-refractivity contribution in [1.29, 1.82) is 0 Å². The van der Waals surface area contributed by atoms with E-state index in [0.717, 1.165) is 23.1 Å². The van der Waals surface area contributed by atoms with Crippen molar-refractivity contribution in [3.63, 3.8) is 0 Å². The maximum Gasteiger partial charge on any atom is 0.306 e. The van der Waals surface area contributed by atoms with Crippen LogP contribution in [0, 0.1) is 10.1 Å². The Balaban J connectivity index is 1.79. The third-order valence-electron chi connectivity index (χ3n) is 3.91. The first-order valence-electron chi connectivity index (χ1n) is 7.98. The summed E-state index contributed by atoms with van der Waals surface area (Å²) in [5, 5.41) is 34.1. The Morgan fingerprint density at radius 2 is 2.08 bits per heavy atom. The highest BCUT2D eigenvalue weighted by Crippen LogP contribution is 2.18. The molecule has 0 radical (unpaired) electrons. The van der Waals surface area contributed by atoms with Crippen LogP contribution in [-0.4, -0.2) is 47.2 Å². The van der Waals surface area contributed by atoms with Crippen molar-refractivity contribution in [3.05, 3.63) is 52.6 Å². The SMILES string of the molecule is O=[N+]([O-])c1cnn(CC(O)Cn2c(CCCO)nc3ccccc32)c1. The number of fused-ring (bicyclic) bond motifs is 1. The number of nitrogens with zero attached hydrogens (tertiary/aromatic N) is 5. The van der Waals surface area contributed by atoms with E-state index in [1.165, 1.54) is 10.9 Å². The smallest absolute Gasteiger partial charge is 0.306 e. The van der Waals surface area contributed by atoms with Gasteiger partial charge in [0.15, 0.2) is 0 Å². The van der Waals surface area contributed by atoms with Crippen LogP contribution in [-0.2, 0) is 19.5 Å². The molecule has 25 heavy (non-hydrogen) atoms. The molecule has 0 spiro atoms. The Labute approximate surface area is 143 Å². The average Bonchev–Trinajstić information content (AvgIpc) is 3.18. The van der Waals surface area contributed by atoms with Gasteiger partial charge in [0.1, 0.15) is 18.2 Å². The monoisotopic (exact) mass is 345 g/mol. The molecule has 1 atom stereocenters. The van der Waals surface area contributed by atoms with E-state index >= 15 is 0 Å². The molecular formula is C16H19N5O4. The lowest BCUT2D eigenvalue weighted by Crippen LogP contribution is -2.23. The predicted octanol–water partition coefficient (Wildman–Crippen LogP) is 1.13. The quantitative estimate of drug-likeness (QED) is 0.466. The standard InChI is InChI=1S/C16H19N5O4/c22-7-3-6-16-18-14-4-1-2-5-15(14)20(16)11-13(23)10-19-9-12(8-17-19)21(24)25/h1-2,4-5,8-9,13,22-23H,3,6-7,10-11H2. The topological polar surface area (TPSA) is 119 Å². The number of nitro groups is 1. The zero-order valence-corrected chi connectivity index (χ0v) is 13.5. The first-order valence-corrected chi connectivity index (χ1v) is 7.98. The van der Waals surface area contributed by atoms with Gasteiger partial charge in [0.2, 0.25) is 0 Å². The second-order valence-corrected chi connectivity index (χ2v) is 5.79. The maximum atomic E-state index is 10.7. The molecule has 3 aromatic rings. The number of aliphatic hydroxyl groups excluding tert-OH is 2. The van der Waals surface area contributed by atoms with E-state index in [0.29, 0.717) is 12.8 Å². The lowest BCUT2D eigenvalue weighted by molar-refractivity contribution is -0.385. The molecule has 0 aliphatic heterocycles. The number of imidazole rings is 1. The highest BCUT2D eigenvalue weighted by molar-refractivity contribution is 5.75. The Kier molecular flexibility index (Phi) is 5.05. The fraction of sp³-hybridized carbons (Fsp3) is 0.375. The second-order valence-electron chi connectivity index (χ2n) is 5.79. The summed E-state index contributed by atoms with van der Waals surface area (Å²) in [7, 11) is 0. The molecule has 0 bridgehead atoms. The highest BCUT2D eigenvalue weighted by Gasteiger charge is 2.16. The van der Waals surface area contributed by atoms with Crippen LogP contribution in [0.2, 0.25) is 0 Å². The molecular weight excluding hydrogens is 326 g/mol. The Bertz CT molecular complexity index is 872. The molecule has 0 saturated carbocycles. The van der Waals surface area contributed by atoms with Crippen molar-refractivity contribution >= 4 is 16.7 Å². The summed E-state index contributed by atoms with van der Waals surface area (Å²) in [5.41, 5.74) is 1.63. The molecule has 1 aromatic carbocycles. The van der Waals surface area contributed by atoms with Gasteiger partial charge < -0.3 is 14.8 Å². The Hall–Kier alpha value is -2.78. The fourth-order valence-corrected chi connectivity index (χ4v) is 2.79. The summed E-state index contributed by atoms with van der Waals surface area (Å²) < 4.78 is 3.28. The number of hydrogen-bond donors (Lipinski definition) is 2. The summed E-state index contributed by atoms with van der Waals surface area (Å²) in [6.07, 6.45) is 2.86. The first kappa shape index (κ1) is 17.1. The normalized spacial score (nSPS) is 12.6. The van der Waals surface area contributed by atoms with Crippen LogP contribution in [0.4, 0.5) is 5.69 Å². The number of hydrogen-bond acceptors (Lipinski definition) is 6. The van der Waals surface area contributed by atoms with Crippen LogP contribution in [0.3, 0.4) is 0 Å². The molecule has 3 rings (SSSR count). The molecule has 0 amide bonds. The van der Waals surface area contributed by atoms with E-state index in [9.17, 15) is 15.2 Å². The van der Waals surface area contributed by atoms with E-state index in [1.54, 1.807) is 0 Å². The van der Waals surface area contributed by atoms with Gasteiger partial charge in [0.25, 0.3) is 0 Å². The van der Waals surface area contributed by atoms with Crippen molar-refractivity contribution in [2.75, 3.05) is 6.61 Å². The van der Waals surface area contributed by atoms with E-state index in [1.807, 2.05) is 28.8 Å². The third kappa shape index (κ3) is 3.83. The van der Waals surface area contributed by atoms with E-state index < -0.39 is 11.0 Å². The molecule has 0 fully saturated rings. The van der Waals surface area contributed by atoms with Crippen molar-refractivity contribution in [3.8, 4) is 0 Å². The van der Waals surface area contributed by atoms with Gasteiger partial charge in [-0.2, -0.15) is 5.10 Å². The summed E-state index contributed by atoms with van der Waals surface area (Å²) in [6.45, 7) is 0.497. The number of benzene rings is 1. The Morgan fingerprint density at radius 3 is 2.80 bits per heavy atom. The van der Waals surface area contributed by atoms with E-state index in [2.05, 4.69) is 10.1 Å². The third-order valence-corrected chi connectivity index (χ3v) is 3.91. The molecule has 2 N–H and O–H groups in total. The van der Waals surface area contributed by atoms with Crippen molar-refractivity contribution in [2.24, 2.45) is 0 Å². The van der Waals surface area contributed by atoms with Gasteiger partial charge >= 0.3 is 5.69 Å². The lowest BCUT2D eigenvalue weighted by atomic mass is 10.2. The van der Waals surface area contributed by atoms with E-state index in [4.69, 9.17) is 5.11 Å². The zero-order valence-electron chi connectivity index (χ0n) is 13.5. The highest BCUT2D eigenvalue weighted by atomic mass is 16.6. The average molecular weight is 345 g/mol. The van der Waals surface area contributed by atoms with E-state index in [-0.39, 0.29) is 25.4 Å². The van der Waals surface area contributed by atoms with Crippen LogP contribution >= 0.6 is 0 Å². The van der Waals surface area contributed by atoms with Gasteiger partial charge in [0, 0.05) is 13.0 Å². The molecule has 0 aliphatic carbocycles. The van der Waals surface area contributed by atoms with Gasteiger partial charge in [-0.25, -0.2) is 4.98 Å².